The molecule has 3 nitrogen and oxygen atoms in total. The van der Waals surface area contributed by atoms with E-state index in [-0.39, 0.29) is 17.1 Å². The number of rotatable bonds is 6. The third-order valence-electron chi connectivity index (χ3n) is 4.07. The zero-order valence-electron chi connectivity index (χ0n) is 13.9. The predicted octanol–water partition coefficient (Wildman–Crippen LogP) is 5.32. The van der Waals surface area contributed by atoms with Gasteiger partial charge >= 0.3 is 0 Å². The average Bonchev–Trinajstić information content (AvgIpc) is 2.96. The Morgan fingerprint density at radius 3 is 2.75 bits per heavy atom. The van der Waals surface area contributed by atoms with E-state index < -0.39 is 5.82 Å². The van der Waals surface area contributed by atoms with Gasteiger partial charge in [0.1, 0.15) is 11.4 Å². The van der Waals surface area contributed by atoms with Crippen LogP contribution in [0.15, 0.2) is 46.9 Å². The van der Waals surface area contributed by atoms with E-state index in [2.05, 4.69) is 12.2 Å². The van der Waals surface area contributed by atoms with E-state index in [0.29, 0.717) is 16.8 Å². The molecule has 3 aromatic rings. The minimum Gasteiger partial charge on any atom is -0.450 e. The molecule has 0 aliphatic heterocycles. The molecule has 0 saturated carbocycles. The number of benzene rings is 2. The fourth-order valence-corrected chi connectivity index (χ4v) is 2.64. The molecule has 1 aromatic heterocycles. The highest BCUT2D eigenvalue weighted by molar-refractivity contribution is 6.14. The van der Waals surface area contributed by atoms with Crippen LogP contribution in [0.2, 0.25) is 0 Å². The molecule has 24 heavy (non-hydrogen) atoms. The standard InChI is InChI=1S/C20H20FNO2/c1-3-4-11-22-18-15-7-5-6-8-17(15)24-20(18)19(23)14-10-9-13(2)16(21)12-14/h5-10,12,22H,3-4,11H2,1-2H3. The molecule has 0 aliphatic rings. The van der Waals surface area contributed by atoms with Crippen LogP contribution >= 0.6 is 0 Å². The molecule has 0 saturated heterocycles. The Morgan fingerprint density at radius 1 is 1.21 bits per heavy atom. The number of hydrogen-bond acceptors (Lipinski definition) is 3. The number of para-hydroxylation sites is 1. The Morgan fingerprint density at radius 2 is 2.00 bits per heavy atom. The van der Waals surface area contributed by atoms with Crippen molar-refractivity contribution in [3.63, 3.8) is 0 Å². The summed E-state index contributed by atoms with van der Waals surface area (Å²) < 4.78 is 19.6. The second-order valence-corrected chi connectivity index (χ2v) is 5.88. The first-order valence-corrected chi connectivity index (χ1v) is 8.18. The Balaban J connectivity index is 2.04. The predicted molar refractivity (Wildman–Crippen MR) is 94.2 cm³/mol. The van der Waals surface area contributed by atoms with Crippen molar-refractivity contribution in [2.24, 2.45) is 0 Å². The van der Waals surface area contributed by atoms with Crippen LogP contribution in [0.3, 0.4) is 0 Å². The number of carbonyl (C=O) groups excluding carboxylic acids is 1. The Kier molecular flexibility index (Phi) is 4.65. The number of aryl methyl sites for hydroxylation is 1. The number of nitrogens with one attached hydrogen (secondary N) is 1. The smallest absolute Gasteiger partial charge is 0.230 e. The molecule has 0 bridgehead atoms. The van der Waals surface area contributed by atoms with E-state index in [9.17, 15) is 9.18 Å². The van der Waals surface area contributed by atoms with Gasteiger partial charge in [-0.25, -0.2) is 4.39 Å². The maximum absolute atomic E-state index is 13.8. The van der Waals surface area contributed by atoms with E-state index in [0.717, 1.165) is 24.8 Å². The summed E-state index contributed by atoms with van der Waals surface area (Å²) in [5.74, 6) is -0.475. The van der Waals surface area contributed by atoms with Gasteiger partial charge in [0, 0.05) is 17.5 Å². The third-order valence-corrected chi connectivity index (χ3v) is 4.07. The topological polar surface area (TPSA) is 42.2 Å². The highest BCUT2D eigenvalue weighted by atomic mass is 19.1. The molecule has 1 heterocycles. The second-order valence-electron chi connectivity index (χ2n) is 5.88. The van der Waals surface area contributed by atoms with Gasteiger partial charge in [0.2, 0.25) is 5.78 Å². The van der Waals surface area contributed by atoms with Gasteiger partial charge in [0.05, 0.1) is 5.69 Å². The zero-order valence-corrected chi connectivity index (χ0v) is 13.9. The van der Waals surface area contributed by atoms with Crippen molar-refractivity contribution >= 4 is 22.4 Å². The van der Waals surface area contributed by atoms with E-state index in [4.69, 9.17) is 4.42 Å². The molecular formula is C20H20FNO2. The zero-order chi connectivity index (χ0) is 17.1. The highest BCUT2D eigenvalue weighted by Gasteiger charge is 2.22. The summed E-state index contributed by atoms with van der Waals surface area (Å²) in [5.41, 5.74) is 2.13. The number of anilines is 1. The van der Waals surface area contributed by atoms with Crippen LogP contribution in [-0.2, 0) is 0 Å². The lowest BCUT2D eigenvalue weighted by atomic mass is 10.0. The van der Waals surface area contributed by atoms with E-state index in [1.54, 1.807) is 19.1 Å². The van der Waals surface area contributed by atoms with Gasteiger partial charge in [0.25, 0.3) is 0 Å². The van der Waals surface area contributed by atoms with Gasteiger partial charge in [-0.15, -0.1) is 0 Å². The first kappa shape index (κ1) is 16.2. The summed E-state index contributed by atoms with van der Waals surface area (Å²) in [5, 5.41) is 4.17. The molecule has 0 spiro atoms. The average molecular weight is 325 g/mol. The summed E-state index contributed by atoms with van der Waals surface area (Å²) in [4.78, 5) is 12.8. The summed E-state index contributed by atoms with van der Waals surface area (Å²) in [7, 11) is 0. The van der Waals surface area contributed by atoms with Gasteiger partial charge in [-0.1, -0.05) is 37.6 Å². The van der Waals surface area contributed by atoms with Crippen LogP contribution in [-0.4, -0.2) is 12.3 Å². The molecule has 0 fully saturated rings. The second kappa shape index (κ2) is 6.87. The summed E-state index contributed by atoms with van der Waals surface area (Å²) in [6.45, 7) is 4.53. The summed E-state index contributed by atoms with van der Waals surface area (Å²) in [6, 6.07) is 12.0. The molecule has 0 atom stereocenters. The summed E-state index contributed by atoms with van der Waals surface area (Å²) >= 11 is 0. The Labute approximate surface area is 140 Å². The molecule has 1 N–H and O–H groups in total. The van der Waals surface area contributed by atoms with Crippen LogP contribution in [0.5, 0.6) is 0 Å². The van der Waals surface area contributed by atoms with Crippen LogP contribution in [0, 0.1) is 12.7 Å². The molecule has 0 unspecified atom stereocenters. The number of ketones is 1. The minimum atomic E-state index is -0.391. The monoisotopic (exact) mass is 325 g/mol. The maximum atomic E-state index is 13.8. The molecule has 4 heteroatoms. The number of hydrogen-bond donors (Lipinski definition) is 1. The first-order chi connectivity index (χ1) is 11.6. The number of unbranched alkanes of at least 4 members (excludes halogenated alkanes) is 1. The van der Waals surface area contributed by atoms with Crippen molar-refractivity contribution in [3.8, 4) is 0 Å². The maximum Gasteiger partial charge on any atom is 0.230 e. The number of halogens is 1. The van der Waals surface area contributed by atoms with Crippen molar-refractivity contribution in [2.45, 2.75) is 26.7 Å². The molecular weight excluding hydrogens is 305 g/mol. The summed E-state index contributed by atoms with van der Waals surface area (Å²) in [6.07, 6.45) is 2.04. The molecule has 124 valence electrons. The lowest BCUT2D eigenvalue weighted by Gasteiger charge is -2.07. The number of furan rings is 1. The molecule has 3 rings (SSSR count). The van der Waals surface area contributed by atoms with Gasteiger partial charge in [0.15, 0.2) is 5.76 Å². The number of carbonyl (C=O) groups is 1. The van der Waals surface area contributed by atoms with Crippen molar-refractivity contribution in [3.05, 3.63) is 65.2 Å². The van der Waals surface area contributed by atoms with Crippen LogP contribution in [0.1, 0.15) is 41.4 Å². The molecule has 0 aliphatic carbocycles. The van der Waals surface area contributed by atoms with Gasteiger partial charge < -0.3 is 9.73 Å². The van der Waals surface area contributed by atoms with E-state index >= 15 is 0 Å². The Bertz CT molecular complexity index is 882. The van der Waals surface area contributed by atoms with Crippen molar-refractivity contribution < 1.29 is 13.6 Å². The lowest BCUT2D eigenvalue weighted by Crippen LogP contribution is -2.07. The highest BCUT2D eigenvalue weighted by Crippen LogP contribution is 2.32. The largest absolute Gasteiger partial charge is 0.450 e. The SMILES string of the molecule is CCCCNc1c(C(=O)c2ccc(C)c(F)c2)oc2ccccc12. The Hall–Kier alpha value is -2.62. The van der Waals surface area contributed by atoms with Crippen LogP contribution in [0.25, 0.3) is 11.0 Å². The lowest BCUT2D eigenvalue weighted by molar-refractivity contribution is 0.101. The van der Waals surface area contributed by atoms with Crippen LogP contribution in [0.4, 0.5) is 10.1 Å². The van der Waals surface area contributed by atoms with Crippen LogP contribution < -0.4 is 5.32 Å². The van der Waals surface area contributed by atoms with E-state index in [1.807, 2.05) is 24.3 Å². The quantitative estimate of drug-likeness (QED) is 0.492. The van der Waals surface area contributed by atoms with E-state index in [1.165, 1.54) is 6.07 Å². The van der Waals surface area contributed by atoms with Gasteiger partial charge in [-0.3, -0.25) is 4.79 Å². The van der Waals surface area contributed by atoms with Gasteiger partial charge in [-0.2, -0.15) is 0 Å². The molecule has 0 amide bonds. The molecule has 2 aromatic carbocycles. The number of fused-ring (bicyclic) bond motifs is 1. The van der Waals surface area contributed by atoms with Crippen molar-refractivity contribution in [2.75, 3.05) is 11.9 Å². The van der Waals surface area contributed by atoms with Crippen molar-refractivity contribution in [1.29, 1.82) is 0 Å². The van der Waals surface area contributed by atoms with Crippen molar-refractivity contribution in [1.82, 2.24) is 0 Å². The molecule has 0 radical (unpaired) electrons. The normalized spacial score (nSPS) is 11.0. The third kappa shape index (κ3) is 3.04. The first-order valence-electron chi connectivity index (χ1n) is 8.18. The fourth-order valence-electron chi connectivity index (χ4n) is 2.64. The fraction of sp³-hybridized carbons (Fsp3) is 0.250. The minimum absolute atomic E-state index is 0.232. The van der Waals surface area contributed by atoms with Gasteiger partial charge in [-0.05, 0) is 37.1 Å².